The van der Waals surface area contributed by atoms with Crippen molar-refractivity contribution in [3.63, 3.8) is 0 Å². The van der Waals surface area contributed by atoms with Gasteiger partial charge in [0.2, 0.25) is 0 Å². The summed E-state index contributed by atoms with van der Waals surface area (Å²) in [6, 6.07) is 3.31. The van der Waals surface area contributed by atoms with E-state index in [9.17, 15) is 0 Å². The second kappa shape index (κ2) is 4.83. The van der Waals surface area contributed by atoms with Gasteiger partial charge in [0.1, 0.15) is 0 Å². The van der Waals surface area contributed by atoms with Gasteiger partial charge >= 0.3 is 0 Å². The molecule has 0 aliphatic carbocycles. The molecule has 0 spiro atoms. The highest BCUT2D eigenvalue weighted by Crippen LogP contribution is 2.30. The summed E-state index contributed by atoms with van der Waals surface area (Å²) in [5.74, 6) is 1.10. The molecule has 4 nitrogen and oxygen atoms in total. The first-order valence-electron chi connectivity index (χ1n) is 4.22. The normalized spacial score (nSPS) is 10.0. The van der Waals surface area contributed by atoms with Gasteiger partial charge in [0.05, 0.1) is 27.4 Å². The predicted octanol–water partition coefficient (Wildman–Crippen LogP) is 0.688. The molecule has 0 fully saturated rings. The Morgan fingerprint density at radius 1 is 0.929 bits per heavy atom. The summed E-state index contributed by atoms with van der Waals surface area (Å²) in [6.45, 7) is -0.257. The van der Waals surface area contributed by atoms with E-state index in [1.54, 1.807) is 12.1 Å². The molecule has 0 aliphatic heterocycles. The van der Waals surface area contributed by atoms with Crippen molar-refractivity contribution in [2.45, 2.75) is 13.2 Å². The number of aliphatic hydroxyl groups is 2. The van der Waals surface area contributed by atoms with Gasteiger partial charge < -0.3 is 19.7 Å². The van der Waals surface area contributed by atoms with Crippen LogP contribution < -0.4 is 9.47 Å². The summed E-state index contributed by atoms with van der Waals surface area (Å²) in [5, 5.41) is 18.1. The van der Waals surface area contributed by atoms with Crippen molar-refractivity contribution in [3.8, 4) is 11.5 Å². The fourth-order valence-corrected chi connectivity index (χ4v) is 1.26. The van der Waals surface area contributed by atoms with E-state index in [2.05, 4.69) is 0 Å². The van der Waals surface area contributed by atoms with E-state index in [1.807, 2.05) is 0 Å². The lowest BCUT2D eigenvalue weighted by Crippen LogP contribution is -1.98. The number of aliphatic hydroxyl groups excluding tert-OH is 2. The lowest BCUT2D eigenvalue weighted by molar-refractivity contribution is 0.257. The fraction of sp³-hybridized carbons (Fsp3) is 0.400. The van der Waals surface area contributed by atoms with Crippen molar-refractivity contribution in [1.29, 1.82) is 0 Å². The van der Waals surface area contributed by atoms with Crippen LogP contribution in [0.5, 0.6) is 11.5 Å². The van der Waals surface area contributed by atoms with Gasteiger partial charge in [-0.1, -0.05) is 0 Å². The monoisotopic (exact) mass is 198 g/mol. The molecule has 14 heavy (non-hydrogen) atoms. The lowest BCUT2D eigenvalue weighted by atomic mass is 10.1. The molecule has 1 aromatic carbocycles. The molecule has 2 N–H and O–H groups in total. The molecule has 78 valence electrons. The number of rotatable bonds is 4. The van der Waals surface area contributed by atoms with Crippen molar-refractivity contribution < 1.29 is 19.7 Å². The quantitative estimate of drug-likeness (QED) is 0.747. The second-order valence-electron chi connectivity index (χ2n) is 2.79. The summed E-state index contributed by atoms with van der Waals surface area (Å²) >= 11 is 0. The van der Waals surface area contributed by atoms with Crippen molar-refractivity contribution in [1.82, 2.24) is 0 Å². The Hall–Kier alpha value is -1.26. The maximum atomic E-state index is 9.03. The fourth-order valence-electron chi connectivity index (χ4n) is 1.26. The van der Waals surface area contributed by atoms with Crippen LogP contribution in [0.2, 0.25) is 0 Å². The molecule has 4 heteroatoms. The number of hydrogen-bond donors (Lipinski definition) is 2. The zero-order valence-electron chi connectivity index (χ0n) is 8.28. The molecule has 0 saturated heterocycles. The Morgan fingerprint density at radius 2 is 1.29 bits per heavy atom. The van der Waals surface area contributed by atoms with Crippen molar-refractivity contribution in [2.75, 3.05) is 14.2 Å². The number of hydrogen-bond acceptors (Lipinski definition) is 4. The summed E-state index contributed by atoms with van der Waals surface area (Å²) in [4.78, 5) is 0. The van der Waals surface area contributed by atoms with E-state index in [4.69, 9.17) is 19.7 Å². The highest BCUT2D eigenvalue weighted by molar-refractivity contribution is 5.47. The standard InChI is InChI=1S/C10H14O4/c1-13-9-3-7(5-11)8(6-12)4-10(9)14-2/h3-4,11-12H,5-6H2,1-2H3. The Labute approximate surface area is 82.7 Å². The largest absolute Gasteiger partial charge is 0.493 e. The summed E-state index contributed by atoms with van der Waals surface area (Å²) in [5.41, 5.74) is 1.29. The molecule has 0 radical (unpaired) electrons. The Bertz CT molecular complexity index is 251. The average Bonchev–Trinajstić information content (AvgIpc) is 2.26. The third-order valence-electron chi connectivity index (χ3n) is 2.05. The molecule has 0 saturated carbocycles. The van der Waals surface area contributed by atoms with Gasteiger partial charge in [-0.25, -0.2) is 0 Å². The Balaban J connectivity index is 3.20. The number of benzene rings is 1. The van der Waals surface area contributed by atoms with Crippen LogP contribution in [0.25, 0.3) is 0 Å². The maximum Gasteiger partial charge on any atom is 0.161 e. The first-order valence-corrected chi connectivity index (χ1v) is 4.22. The highest BCUT2D eigenvalue weighted by Gasteiger charge is 2.09. The topological polar surface area (TPSA) is 58.9 Å². The van der Waals surface area contributed by atoms with Gasteiger partial charge in [-0.3, -0.25) is 0 Å². The Kier molecular flexibility index (Phi) is 3.73. The van der Waals surface area contributed by atoms with Crippen LogP contribution in [0.1, 0.15) is 11.1 Å². The Morgan fingerprint density at radius 3 is 1.50 bits per heavy atom. The second-order valence-corrected chi connectivity index (χ2v) is 2.79. The summed E-state index contributed by atoms with van der Waals surface area (Å²) in [7, 11) is 3.05. The van der Waals surface area contributed by atoms with E-state index in [0.717, 1.165) is 0 Å². The minimum absolute atomic E-state index is 0.129. The molecule has 0 amide bonds. The third-order valence-corrected chi connectivity index (χ3v) is 2.05. The van der Waals surface area contributed by atoms with Crippen LogP contribution in [0.4, 0.5) is 0 Å². The van der Waals surface area contributed by atoms with E-state index < -0.39 is 0 Å². The van der Waals surface area contributed by atoms with E-state index in [0.29, 0.717) is 22.6 Å². The summed E-state index contributed by atoms with van der Waals surface area (Å²) in [6.07, 6.45) is 0. The molecule has 1 rings (SSSR count). The SMILES string of the molecule is COc1cc(CO)c(CO)cc1OC. The summed E-state index contributed by atoms with van der Waals surface area (Å²) < 4.78 is 10.1. The third kappa shape index (κ3) is 1.97. The molecule has 1 aromatic rings. The molecular weight excluding hydrogens is 184 g/mol. The minimum atomic E-state index is -0.129. The van der Waals surface area contributed by atoms with Crippen molar-refractivity contribution >= 4 is 0 Å². The average molecular weight is 198 g/mol. The molecule has 0 atom stereocenters. The van der Waals surface area contributed by atoms with Crippen LogP contribution in [-0.4, -0.2) is 24.4 Å². The number of ether oxygens (including phenoxy) is 2. The zero-order valence-corrected chi connectivity index (χ0v) is 8.28. The minimum Gasteiger partial charge on any atom is -0.493 e. The van der Waals surface area contributed by atoms with E-state index in [-0.39, 0.29) is 13.2 Å². The van der Waals surface area contributed by atoms with Crippen LogP contribution in [0.15, 0.2) is 12.1 Å². The van der Waals surface area contributed by atoms with Crippen LogP contribution in [-0.2, 0) is 13.2 Å². The molecule has 0 aromatic heterocycles. The predicted molar refractivity (Wildman–Crippen MR) is 51.4 cm³/mol. The molecule has 0 aliphatic rings. The molecular formula is C10H14O4. The van der Waals surface area contributed by atoms with Gasteiger partial charge in [0, 0.05) is 0 Å². The molecule has 0 bridgehead atoms. The van der Waals surface area contributed by atoms with Crippen LogP contribution in [0.3, 0.4) is 0 Å². The van der Waals surface area contributed by atoms with Crippen LogP contribution >= 0.6 is 0 Å². The highest BCUT2D eigenvalue weighted by atomic mass is 16.5. The molecule has 0 heterocycles. The van der Waals surface area contributed by atoms with Gasteiger partial charge in [0.15, 0.2) is 11.5 Å². The van der Waals surface area contributed by atoms with Crippen LogP contribution in [0, 0.1) is 0 Å². The van der Waals surface area contributed by atoms with Gasteiger partial charge in [-0.15, -0.1) is 0 Å². The van der Waals surface area contributed by atoms with Gasteiger partial charge in [0.25, 0.3) is 0 Å². The number of methoxy groups -OCH3 is 2. The van der Waals surface area contributed by atoms with E-state index in [1.165, 1.54) is 14.2 Å². The first kappa shape index (κ1) is 10.8. The van der Waals surface area contributed by atoms with Crippen molar-refractivity contribution in [3.05, 3.63) is 23.3 Å². The first-order chi connectivity index (χ1) is 6.76. The molecule has 0 unspecified atom stereocenters. The van der Waals surface area contributed by atoms with Gasteiger partial charge in [-0.05, 0) is 23.3 Å². The lowest BCUT2D eigenvalue weighted by Gasteiger charge is -2.12. The van der Waals surface area contributed by atoms with Gasteiger partial charge in [-0.2, -0.15) is 0 Å². The van der Waals surface area contributed by atoms with E-state index >= 15 is 0 Å². The zero-order chi connectivity index (χ0) is 10.6. The maximum absolute atomic E-state index is 9.03. The smallest absolute Gasteiger partial charge is 0.161 e. The van der Waals surface area contributed by atoms with Crippen molar-refractivity contribution in [2.24, 2.45) is 0 Å².